The van der Waals surface area contributed by atoms with Crippen LogP contribution in [0.3, 0.4) is 0 Å². The largest absolute Gasteiger partial charge is 0.338 e. The molecule has 0 radical (unpaired) electrons. The third-order valence-corrected chi connectivity index (χ3v) is 8.47. The second-order valence-electron chi connectivity index (χ2n) is 10.7. The Bertz CT molecular complexity index is 1730. The van der Waals surface area contributed by atoms with Crippen molar-refractivity contribution in [3.05, 3.63) is 95.1 Å². The fourth-order valence-corrected chi connectivity index (χ4v) is 6.09. The molecule has 3 aromatic carbocycles. The van der Waals surface area contributed by atoms with Crippen molar-refractivity contribution >= 4 is 45.6 Å². The van der Waals surface area contributed by atoms with E-state index >= 15 is 0 Å². The highest BCUT2D eigenvalue weighted by molar-refractivity contribution is 7.99. The molecule has 41 heavy (non-hydrogen) atoms. The van der Waals surface area contributed by atoms with Gasteiger partial charge < -0.3 is 14.4 Å². The molecule has 0 N–H and O–H groups in total. The molecule has 5 aromatic rings. The van der Waals surface area contributed by atoms with Gasteiger partial charge in [0.1, 0.15) is 5.52 Å². The van der Waals surface area contributed by atoms with Gasteiger partial charge in [0.05, 0.1) is 11.3 Å². The zero-order valence-electron chi connectivity index (χ0n) is 23.4. The summed E-state index contributed by atoms with van der Waals surface area (Å²) in [6.07, 6.45) is 0. The quantitative estimate of drug-likeness (QED) is 0.267. The highest BCUT2D eigenvalue weighted by atomic mass is 32.2. The van der Waals surface area contributed by atoms with Crippen LogP contribution < -0.4 is 0 Å². The first-order valence-corrected chi connectivity index (χ1v) is 14.8. The normalized spacial score (nSPS) is 15.5. The first kappa shape index (κ1) is 27.0. The minimum atomic E-state index is -0.0714. The van der Waals surface area contributed by atoms with Crippen LogP contribution in [0.5, 0.6) is 0 Å². The molecule has 0 spiro atoms. The van der Waals surface area contributed by atoms with Gasteiger partial charge in [-0.2, -0.15) is 0 Å². The highest BCUT2D eigenvalue weighted by Gasteiger charge is 2.30. The van der Waals surface area contributed by atoms with Crippen molar-refractivity contribution in [2.45, 2.75) is 38.5 Å². The van der Waals surface area contributed by atoms with E-state index < -0.39 is 0 Å². The van der Waals surface area contributed by atoms with Crippen molar-refractivity contribution in [3.8, 4) is 0 Å². The molecule has 1 aliphatic heterocycles. The zero-order valence-corrected chi connectivity index (χ0v) is 24.3. The fraction of sp³-hybridized carbons (Fsp3) is 0.281. The standard InChI is InChI=1S/C32H32N6O2S/c1-21-9-12-25(13-10-21)31(40)37-16-15-36(18-23(37)3)28(39)20-41-32-33-30-29(34-35-32)26-17-22(2)11-14-27(26)38(30)19-24-7-5-4-6-8-24/h4-14,17,23H,15-16,18-20H2,1-3H3. The van der Waals surface area contributed by atoms with Gasteiger partial charge in [0, 0.05) is 43.2 Å². The number of benzene rings is 3. The summed E-state index contributed by atoms with van der Waals surface area (Å²) in [6.45, 7) is 8.23. The van der Waals surface area contributed by atoms with Crippen molar-refractivity contribution in [1.29, 1.82) is 0 Å². The van der Waals surface area contributed by atoms with Gasteiger partial charge in [0.15, 0.2) is 5.65 Å². The molecule has 1 atom stereocenters. The van der Waals surface area contributed by atoms with Gasteiger partial charge in [-0.1, -0.05) is 71.4 Å². The lowest BCUT2D eigenvalue weighted by molar-refractivity contribution is -0.130. The number of nitrogens with zero attached hydrogens (tertiary/aromatic N) is 6. The summed E-state index contributed by atoms with van der Waals surface area (Å²) in [6, 6.07) is 24.2. The number of aromatic nitrogens is 4. The smallest absolute Gasteiger partial charge is 0.254 e. The summed E-state index contributed by atoms with van der Waals surface area (Å²) in [4.78, 5) is 34.8. The van der Waals surface area contributed by atoms with E-state index in [1.807, 2.05) is 66.1 Å². The lowest BCUT2D eigenvalue weighted by Crippen LogP contribution is -2.55. The van der Waals surface area contributed by atoms with Crippen LogP contribution in [0.4, 0.5) is 0 Å². The van der Waals surface area contributed by atoms with E-state index in [9.17, 15) is 9.59 Å². The molecule has 9 heteroatoms. The Morgan fingerprint density at radius 2 is 1.68 bits per heavy atom. The third kappa shape index (κ3) is 5.54. The number of thioether (sulfide) groups is 1. The number of rotatable bonds is 6. The molecule has 1 aliphatic rings. The Balaban J connectivity index is 1.16. The summed E-state index contributed by atoms with van der Waals surface area (Å²) in [5.74, 6) is 0.227. The van der Waals surface area contributed by atoms with Crippen molar-refractivity contribution in [1.82, 2.24) is 29.5 Å². The number of hydrogen-bond acceptors (Lipinski definition) is 6. The van der Waals surface area contributed by atoms with Crippen LogP contribution in [-0.2, 0) is 11.3 Å². The zero-order chi connectivity index (χ0) is 28.5. The lowest BCUT2D eigenvalue weighted by atomic mass is 10.1. The molecule has 0 saturated carbocycles. The van der Waals surface area contributed by atoms with Gasteiger partial charge in [0.2, 0.25) is 11.1 Å². The van der Waals surface area contributed by atoms with Crippen molar-refractivity contribution in [2.75, 3.05) is 25.4 Å². The van der Waals surface area contributed by atoms with E-state index in [-0.39, 0.29) is 23.6 Å². The molecule has 3 heterocycles. The molecule has 1 fully saturated rings. The van der Waals surface area contributed by atoms with Crippen LogP contribution in [0.25, 0.3) is 22.1 Å². The fourth-order valence-electron chi connectivity index (χ4n) is 5.41. The van der Waals surface area contributed by atoms with Gasteiger partial charge in [-0.15, -0.1) is 10.2 Å². The Hall–Kier alpha value is -4.24. The van der Waals surface area contributed by atoms with Crippen LogP contribution in [-0.4, -0.2) is 72.8 Å². The minimum Gasteiger partial charge on any atom is -0.338 e. The second kappa shape index (κ2) is 11.3. The van der Waals surface area contributed by atoms with Crippen molar-refractivity contribution in [2.24, 2.45) is 0 Å². The molecular weight excluding hydrogens is 532 g/mol. The second-order valence-corrected chi connectivity index (χ2v) is 11.6. The molecule has 8 nitrogen and oxygen atoms in total. The van der Waals surface area contributed by atoms with Gasteiger partial charge >= 0.3 is 0 Å². The number of aryl methyl sites for hydroxylation is 2. The SMILES string of the molecule is Cc1ccc(C(=O)N2CCN(C(=O)CSc3nnc4c5cc(C)ccc5n(Cc5ccccc5)c4n3)CC2C)cc1. The first-order chi connectivity index (χ1) is 19.9. The Morgan fingerprint density at radius 1 is 0.927 bits per heavy atom. The van der Waals surface area contributed by atoms with E-state index in [1.54, 1.807) is 0 Å². The van der Waals surface area contributed by atoms with E-state index in [1.165, 1.54) is 17.3 Å². The molecule has 1 unspecified atom stereocenters. The molecule has 1 saturated heterocycles. The van der Waals surface area contributed by atoms with Crippen LogP contribution in [0.2, 0.25) is 0 Å². The van der Waals surface area contributed by atoms with Gasteiger partial charge in [-0.3, -0.25) is 9.59 Å². The number of carbonyl (C=O) groups is 2. The van der Waals surface area contributed by atoms with Gasteiger partial charge in [0.25, 0.3) is 5.91 Å². The van der Waals surface area contributed by atoms with Gasteiger partial charge in [-0.25, -0.2) is 4.98 Å². The predicted octanol–water partition coefficient (Wildman–Crippen LogP) is 5.11. The van der Waals surface area contributed by atoms with Crippen molar-refractivity contribution in [3.63, 3.8) is 0 Å². The summed E-state index contributed by atoms with van der Waals surface area (Å²) in [7, 11) is 0. The minimum absolute atomic E-state index is 0.00726. The number of carbonyl (C=O) groups excluding carboxylic acids is 2. The molecule has 2 aromatic heterocycles. The van der Waals surface area contributed by atoms with Crippen LogP contribution >= 0.6 is 11.8 Å². The van der Waals surface area contributed by atoms with Crippen LogP contribution in [0.15, 0.2) is 78.0 Å². The van der Waals surface area contributed by atoms with Crippen LogP contribution in [0.1, 0.15) is 34.0 Å². The number of amides is 2. The Morgan fingerprint density at radius 3 is 2.44 bits per heavy atom. The summed E-state index contributed by atoms with van der Waals surface area (Å²) < 4.78 is 2.17. The summed E-state index contributed by atoms with van der Waals surface area (Å²) in [5.41, 5.74) is 6.70. The van der Waals surface area contributed by atoms with E-state index in [2.05, 4.69) is 52.0 Å². The summed E-state index contributed by atoms with van der Waals surface area (Å²) in [5, 5.41) is 10.4. The van der Waals surface area contributed by atoms with Crippen molar-refractivity contribution < 1.29 is 9.59 Å². The van der Waals surface area contributed by atoms with E-state index in [0.717, 1.165) is 33.2 Å². The van der Waals surface area contributed by atoms with E-state index in [4.69, 9.17) is 4.98 Å². The molecular formula is C32H32N6O2S. The maximum absolute atomic E-state index is 13.2. The third-order valence-electron chi connectivity index (χ3n) is 7.65. The number of piperazine rings is 1. The molecule has 6 rings (SSSR count). The Labute approximate surface area is 243 Å². The number of hydrogen-bond donors (Lipinski definition) is 0. The molecule has 0 bridgehead atoms. The topological polar surface area (TPSA) is 84.2 Å². The highest BCUT2D eigenvalue weighted by Crippen LogP contribution is 2.29. The molecule has 2 amide bonds. The molecule has 208 valence electrons. The first-order valence-electron chi connectivity index (χ1n) is 13.8. The summed E-state index contributed by atoms with van der Waals surface area (Å²) >= 11 is 1.30. The van der Waals surface area contributed by atoms with Crippen LogP contribution in [0, 0.1) is 13.8 Å². The average Bonchev–Trinajstić information content (AvgIpc) is 3.28. The predicted molar refractivity (Wildman–Crippen MR) is 162 cm³/mol. The average molecular weight is 565 g/mol. The monoisotopic (exact) mass is 564 g/mol. The van der Waals surface area contributed by atoms with Gasteiger partial charge in [-0.05, 0) is 50.6 Å². The van der Waals surface area contributed by atoms with E-state index in [0.29, 0.717) is 36.9 Å². The maximum atomic E-state index is 13.2. The molecule has 0 aliphatic carbocycles. The lowest BCUT2D eigenvalue weighted by Gasteiger charge is -2.40. The number of fused-ring (bicyclic) bond motifs is 3. The maximum Gasteiger partial charge on any atom is 0.254 e. The Kier molecular flexibility index (Phi) is 7.45.